The Morgan fingerprint density at radius 3 is 2.31 bits per heavy atom. The number of hydrogen-bond acceptors (Lipinski definition) is 3. The zero-order valence-corrected chi connectivity index (χ0v) is 14.6. The van der Waals surface area contributed by atoms with E-state index in [-0.39, 0.29) is 12.5 Å². The van der Waals surface area contributed by atoms with Gasteiger partial charge in [-0.25, -0.2) is 0 Å². The molecule has 0 unspecified atom stereocenters. The molecule has 5 heteroatoms. The third kappa shape index (κ3) is 4.79. The summed E-state index contributed by atoms with van der Waals surface area (Å²) in [5.74, 6) is -0.245. The Balaban J connectivity index is 1.62. The number of hydrogen-bond donors (Lipinski definition) is 2. The Kier molecular flexibility index (Phi) is 5.79. The molecule has 2 N–H and O–H groups in total. The summed E-state index contributed by atoms with van der Waals surface area (Å²) in [7, 11) is 0. The highest BCUT2D eigenvalue weighted by Gasteiger charge is 2.00. The summed E-state index contributed by atoms with van der Waals surface area (Å²) in [6, 6.07) is 18.4. The molecular weight excluding hydrogens is 348 g/mol. The van der Waals surface area contributed by atoms with E-state index in [4.69, 9.17) is 16.7 Å². The molecule has 2 aromatic carbocycles. The Morgan fingerprint density at radius 2 is 1.69 bits per heavy atom. The van der Waals surface area contributed by atoms with Gasteiger partial charge in [0.15, 0.2) is 0 Å². The minimum absolute atomic E-state index is 0.0220. The van der Waals surface area contributed by atoms with E-state index in [2.05, 4.69) is 10.3 Å². The second-order valence-corrected chi connectivity index (χ2v) is 6.09. The van der Waals surface area contributed by atoms with E-state index < -0.39 is 0 Å². The highest BCUT2D eigenvalue weighted by molar-refractivity contribution is 6.30. The number of benzene rings is 2. The fourth-order valence-electron chi connectivity index (χ4n) is 2.36. The van der Waals surface area contributed by atoms with Gasteiger partial charge in [0.1, 0.15) is 0 Å². The highest BCUT2D eigenvalue weighted by atomic mass is 35.5. The van der Waals surface area contributed by atoms with Crippen molar-refractivity contribution in [2.24, 2.45) is 0 Å². The lowest BCUT2D eigenvalue weighted by Gasteiger charge is -2.03. The maximum Gasteiger partial charge on any atom is 0.248 e. The molecule has 3 aromatic rings. The first-order valence-electron chi connectivity index (χ1n) is 8.05. The summed E-state index contributed by atoms with van der Waals surface area (Å²) in [6.07, 6.45) is 4.85. The van der Waals surface area contributed by atoms with Crippen LogP contribution in [0.5, 0.6) is 0 Å². The van der Waals surface area contributed by atoms with E-state index in [1.165, 1.54) is 6.08 Å². The molecule has 1 heterocycles. The quantitative estimate of drug-likeness (QED) is 0.653. The van der Waals surface area contributed by atoms with Crippen molar-refractivity contribution in [1.82, 2.24) is 4.98 Å². The molecule has 0 saturated heterocycles. The Hall–Kier alpha value is -2.95. The highest BCUT2D eigenvalue weighted by Crippen LogP contribution is 2.21. The standard InChI is InChI=1S/C21H17ClN2O2/c22-18-6-3-16(4-7-18)17-5-10-19(23-13-17)11-12-21(26)24-20-8-1-15(14-25)2-9-20/h1-13,25H,14H2,(H,24,26). The van der Waals surface area contributed by atoms with Gasteiger partial charge in [0.05, 0.1) is 12.3 Å². The van der Waals surface area contributed by atoms with Crippen LogP contribution in [0.4, 0.5) is 5.69 Å². The number of amides is 1. The van der Waals surface area contributed by atoms with Crippen LogP contribution in [0.1, 0.15) is 11.3 Å². The number of aliphatic hydroxyl groups is 1. The summed E-state index contributed by atoms with van der Waals surface area (Å²) in [6.45, 7) is -0.0220. The average Bonchev–Trinajstić information content (AvgIpc) is 2.68. The first-order chi connectivity index (χ1) is 12.6. The summed E-state index contributed by atoms with van der Waals surface area (Å²) >= 11 is 5.89. The summed E-state index contributed by atoms with van der Waals surface area (Å²) in [5, 5.41) is 12.5. The van der Waals surface area contributed by atoms with Crippen LogP contribution >= 0.6 is 11.6 Å². The van der Waals surface area contributed by atoms with E-state index in [1.54, 1.807) is 36.5 Å². The number of carbonyl (C=O) groups is 1. The maximum absolute atomic E-state index is 12.0. The van der Waals surface area contributed by atoms with Crippen LogP contribution < -0.4 is 5.32 Å². The van der Waals surface area contributed by atoms with E-state index >= 15 is 0 Å². The van der Waals surface area contributed by atoms with Crippen molar-refractivity contribution in [3.05, 3.63) is 89.2 Å². The second-order valence-electron chi connectivity index (χ2n) is 5.66. The van der Waals surface area contributed by atoms with Gasteiger partial charge in [0.25, 0.3) is 0 Å². The van der Waals surface area contributed by atoms with Crippen molar-refractivity contribution in [3.8, 4) is 11.1 Å². The van der Waals surface area contributed by atoms with Crippen LogP contribution in [0, 0.1) is 0 Å². The van der Waals surface area contributed by atoms with Gasteiger partial charge in [0, 0.05) is 28.5 Å². The maximum atomic E-state index is 12.0. The van der Waals surface area contributed by atoms with Crippen LogP contribution in [-0.2, 0) is 11.4 Å². The minimum atomic E-state index is -0.245. The summed E-state index contributed by atoms with van der Waals surface area (Å²) in [4.78, 5) is 16.3. The third-order valence-corrected chi connectivity index (χ3v) is 4.03. The zero-order valence-electron chi connectivity index (χ0n) is 13.9. The van der Waals surface area contributed by atoms with Gasteiger partial charge in [-0.3, -0.25) is 9.78 Å². The molecular formula is C21H17ClN2O2. The molecule has 0 spiro atoms. The molecule has 0 fully saturated rings. The number of halogens is 1. The van der Waals surface area contributed by atoms with Gasteiger partial charge in [-0.15, -0.1) is 0 Å². The van der Waals surface area contributed by atoms with Crippen molar-refractivity contribution in [1.29, 1.82) is 0 Å². The van der Waals surface area contributed by atoms with Crippen molar-refractivity contribution in [2.75, 3.05) is 5.32 Å². The fourth-order valence-corrected chi connectivity index (χ4v) is 2.48. The van der Waals surface area contributed by atoms with Gasteiger partial charge in [0.2, 0.25) is 5.91 Å². The molecule has 0 saturated carbocycles. The van der Waals surface area contributed by atoms with Gasteiger partial charge in [-0.2, -0.15) is 0 Å². The predicted octanol–water partition coefficient (Wildman–Crippen LogP) is 4.55. The molecule has 26 heavy (non-hydrogen) atoms. The van der Waals surface area contributed by atoms with Crippen LogP contribution in [0.3, 0.4) is 0 Å². The fraction of sp³-hybridized carbons (Fsp3) is 0.0476. The van der Waals surface area contributed by atoms with Crippen LogP contribution in [0.25, 0.3) is 17.2 Å². The molecule has 0 atom stereocenters. The summed E-state index contributed by atoms with van der Waals surface area (Å²) in [5.41, 5.74) is 4.16. The van der Waals surface area contributed by atoms with Crippen molar-refractivity contribution >= 4 is 29.3 Å². The smallest absolute Gasteiger partial charge is 0.248 e. The first kappa shape index (κ1) is 17.9. The van der Waals surface area contributed by atoms with Gasteiger partial charge in [-0.1, -0.05) is 41.9 Å². The number of anilines is 1. The van der Waals surface area contributed by atoms with Crippen LogP contribution in [-0.4, -0.2) is 16.0 Å². The van der Waals surface area contributed by atoms with Crippen LogP contribution in [0.15, 0.2) is 72.9 Å². The molecule has 0 bridgehead atoms. The van der Waals surface area contributed by atoms with E-state index in [0.29, 0.717) is 16.4 Å². The average molecular weight is 365 g/mol. The predicted molar refractivity (Wildman–Crippen MR) is 105 cm³/mol. The van der Waals surface area contributed by atoms with E-state index in [9.17, 15) is 4.79 Å². The summed E-state index contributed by atoms with van der Waals surface area (Å²) < 4.78 is 0. The molecule has 0 aliphatic heterocycles. The molecule has 1 amide bonds. The Bertz CT molecular complexity index is 902. The Labute approximate surface area is 156 Å². The van der Waals surface area contributed by atoms with Crippen molar-refractivity contribution < 1.29 is 9.90 Å². The monoisotopic (exact) mass is 364 g/mol. The molecule has 130 valence electrons. The molecule has 1 aromatic heterocycles. The number of aliphatic hydroxyl groups excluding tert-OH is 1. The minimum Gasteiger partial charge on any atom is -0.392 e. The molecule has 4 nitrogen and oxygen atoms in total. The first-order valence-corrected chi connectivity index (χ1v) is 8.43. The SMILES string of the molecule is O=C(C=Cc1ccc(-c2ccc(Cl)cc2)cn1)Nc1ccc(CO)cc1. The number of aromatic nitrogens is 1. The van der Waals surface area contributed by atoms with E-state index in [1.807, 2.05) is 36.4 Å². The largest absolute Gasteiger partial charge is 0.392 e. The number of nitrogens with zero attached hydrogens (tertiary/aromatic N) is 1. The number of pyridine rings is 1. The van der Waals surface area contributed by atoms with Crippen molar-refractivity contribution in [2.45, 2.75) is 6.61 Å². The second kappa shape index (κ2) is 8.43. The Morgan fingerprint density at radius 1 is 1.00 bits per heavy atom. The van der Waals surface area contributed by atoms with Gasteiger partial charge in [-0.05, 0) is 47.5 Å². The van der Waals surface area contributed by atoms with E-state index in [0.717, 1.165) is 16.7 Å². The lowest BCUT2D eigenvalue weighted by Crippen LogP contribution is -2.07. The molecule has 0 aliphatic rings. The lowest BCUT2D eigenvalue weighted by molar-refractivity contribution is -0.111. The lowest BCUT2D eigenvalue weighted by atomic mass is 10.1. The van der Waals surface area contributed by atoms with Crippen molar-refractivity contribution in [3.63, 3.8) is 0 Å². The topological polar surface area (TPSA) is 62.2 Å². The molecule has 0 aliphatic carbocycles. The molecule has 3 rings (SSSR count). The molecule has 0 radical (unpaired) electrons. The van der Waals surface area contributed by atoms with Gasteiger partial charge >= 0.3 is 0 Å². The van der Waals surface area contributed by atoms with Crippen LogP contribution in [0.2, 0.25) is 5.02 Å². The zero-order chi connectivity index (χ0) is 18.4. The number of nitrogens with one attached hydrogen (secondary N) is 1. The third-order valence-electron chi connectivity index (χ3n) is 3.77. The van der Waals surface area contributed by atoms with Gasteiger partial charge < -0.3 is 10.4 Å². The number of carbonyl (C=O) groups excluding carboxylic acids is 1. The normalized spacial score (nSPS) is 10.8. The number of rotatable bonds is 5.